The zero-order valence-corrected chi connectivity index (χ0v) is 16.7. The first kappa shape index (κ1) is 22.2. The van der Waals surface area contributed by atoms with E-state index in [1.807, 2.05) is 0 Å². The molecule has 1 saturated carbocycles. The van der Waals surface area contributed by atoms with Gasteiger partial charge in [0.1, 0.15) is 0 Å². The number of carbonyl (C=O) groups is 2. The Morgan fingerprint density at radius 2 is 1.57 bits per heavy atom. The number of rotatable bonds is 4. The van der Waals surface area contributed by atoms with Crippen molar-refractivity contribution in [1.29, 1.82) is 0 Å². The highest BCUT2D eigenvalue weighted by molar-refractivity contribution is 5.95. The van der Waals surface area contributed by atoms with Gasteiger partial charge in [-0.1, -0.05) is 20.8 Å². The number of anilines is 1. The lowest BCUT2D eigenvalue weighted by Gasteiger charge is -2.36. The van der Waals surface area contributed by atoms with Crippen LogP contribution in [-0.2, 0) is 20.5 Å². The summed E-state index contributed by atoms with van der Waals surface area (Å²) < 4.78 is 43.0. The maximum Gasteiger partial charge on any atom is 0.416 e. The molecule has 0 aliphatic heterocycles. The summed E-state index contributed by atoms with van der Waals surface area (Å²) in [6.07, 6.45) is -2.06. The minimum absolute atomic E-state index is 0.208. The molecule has 0 spiro atoms. The van der Waals surface area contributed by atoms with E-state index in [-0.39, 0.29) is 23.0 Å². The predicted molar refractivity (Wildman–Crippen MR) is 101 cm³/mol. The van der Waals surface area contributed by atoms with E-state index < -0.39 is 23.8 Å². The highest BCUT2D eigenvalue weighted by atomic mass is 19.4. The van der Waals surface area contributed by atoms with Crippen molar-refractivity contribution >= 4 is 17.6 Å². The lowest BCUT2D eigenvalue weighted by molar-refractivity contribution is -0.158. The number of nitrogens with one attached hydrogen (secondary N) is 1. The van der Waals surface area contributed by atoms with E-state index in [1.54, 1.807) is 0 Å². The Bertz CT molecular complexity index is 684. The summed E-state index contributed by atoms with van der Waals surface area (Å²) in [5, 5.41) is 2.47. The molecule has 1 aromatic carbocycles. The van der Waals surface area contributed by atoms with Crippen molar-refractivity contribution in [1.82, 2.24) is 0 Å². The lowest BCUT2D eigenvalue weighted by Crippen LogP contribution is -2.34. The standard InChI is InChI=1S/C21H28F3NO3/c1-13(18(26)25-17-11-9-16(10-12-17)21(22,23)24)28-19(27)14-5-7-15(8-6-14)20(2,3)4/h9-15H,5-8H2,1-4H3,(H,25,26)/t13-,14?,15?/m0/s1. The summed E-state index contributed by atoms with van der Waals surface area (Å²) in [5.74, 6) is -0.601. The van der Waals surface area contributed by atoms with Crippen molar-refractivity contribution < 1.29 is 27.5 Å². The number of ether oxygens (including phenoxy) is 1. The van der Waals surface area contributed by atoms with Gasteiger partial charge >= 0.3 is 12.1 Å². The molecule has 1 aliphatic carbocycles. The Morgan fingerprint density at radius 1 is 1.04 bits per heavy atom. The number of hydrogen-bond donors (Lipinski definition) is 1. The highest BCUT2D eigenvalue weighted by Crippen LogP contribution is 2.40. The van der Waals surface area contributed by atoms with Gasteiger partial charge < -0.3 is 10.1 Å². The number of amides is 1. The SMILES string of the molecule is C[C@H](OC(=O)C1CCC(C(C)(C)C)CC1)C(=O)Nc1ccc(C(F)(F)F)cc1. The molecule has 1 atom stereocenters. The van der Waals surface area contributed by atoms with Crippen LogP contribution in [0, 0.1) is 17.3 Å². The molecule has 7 heteroatoms. The van der Waals surface area contributed by atoms with Crippen molar-refractivity contribution in [3.63, 3.8) is 0 Å². The molecule has 2 rings (SSSR count). The van der Waals surface area contributed by atoms with Crippen LogP contribution in [0.3, 0.4) is 0 Å². The number of halogens is 3. The molecule has 1 fully saturated rings. The number of carbonyl (C=O) groups excluding carboxylic acids is 2. The molecule has 156 valence electrons. The third-order valence-electron chi connectivity index (χ3n) is 5.43. The molecular formula is C21H28F3NO3. The minimum atomic E-state index is -4.43. The smallest absolute Gasteiger partial charge is 0.416 e. The van der Waals surface area contributed by atoms with Crippen LogP contribution in [0.1, 0.15) is 58.9 Å². The zero-order chi connectivity index (χ0) is 21.1. The van der Waals surface area contributed by atoms with Gasteiger partial charge in [0.25, 0.3) is 5.91 Å². The molecule has 0 bridgehead atoms. The third kappa shape index (κ3) is 5.97. The summed E-state index contributed by atoms with van der Waals surface area (Å²) in [7, 11) is 0. The van der Waals surface area contributed by atoms with Gasteiger partial charge in [-0.2, -0.15) is 13.2 Å². The van der Waals surface area contributed by atoms with Gasteiger partial charge in [0.05, 0.1) is 11.5 Å². The molecule has 0 heterocycles. The third-order valence-corrected chi connectivity index (χ3v) is 5.43. The average molecular weight is 399 g/mol. The first-order valence-corrected chi connectivity index (χ1v) is 9.56. The van der Waals surface area contributed by atoms with Gasteiger partial charge in [-0.05, 0) is 68.2 Å². The fraction of sp³-hybridized carbons (Fsp3) is 0.619. The quantitative estimate of drug-likeness (QED) is 0.687. The predicted octanol–water partition coefficient (Wildman–Crippen LogP) is 5.43. The van der Waals surface area contributed by atoms with E-state index in [1.165, 1.54) is 19.1 Å². The summed E-state index contributed by atoms with van der Waals surface area (Å²) in [5.41, 5.74) is -0.369. The van der Waals surface area contributed by atoms with Crippen LogP contribution in [0.25, 0.3) is 0 Å². The lowest BCUT2D eigenvalue weighted by atomic mass is 9.70. The molecule has 0 saturated heterocycles. The summed E-state index contributed by atoms with van der Waals surface area (Å²) >= 11 is 0. The normalized spacial score (nSPS) is 21.7. The van der Waals surface area contributed by atoms with Crippen molar-refractivity contribution in [2.24, 2.45) is 17.3 Å². The molecule has 1 aliphatic rings. The second kappa shape index (κ2) is 8.53. The topological polar surface area (TPSA) is 55.4 Å². The Kier molecular flexibility index (Phi) is 6.78. The highest BCUT2D eigenvalue weighted by Gasteiger charge is 2.34. The molecule has 0 aromatic heterocycles. The number of benzene rings is 1. The van der Waals surface area contributed by atoms with Gasteiger partial charge in [-0.3, -0.25) is 9.59 Å². The maximum atomic E-state index is 12.6. The first-order valence-electron chi connectivity index (χ1n) is 9.56. The van der Waals surface area contributed by atoms with E-state index in [4.69, 9.17) is 4.74 Å². The van der Waals surface area contributed by atoms with Crippen molar-refractivity contribution in [3.8, 4) is 0 Å². The van der Waals surface area contributed by atoms with Crippen LogP contribution < -0.4 is 5.32 Å². The Morgan fingerprint density at radius 3 is 2.04 bits per heavy atom. The monoisotopic (exact) mass is 399 g/mol. The Hall–Kier alpha value is -2.05. The van der Waals surface area contributed by atoms with Crippen LogP contribution in [0.15, 0.2) is 24.3 Å². The zero-order valence-electron chi connectivity index (χ0n) is 16.7. The first-order chi connectivity index (χ1) is 12.9. The maximum absolute atomic E-state index is 12.6. The van der Waals surface area contributed by atoms with Crippen molar-refractivity contribution in [2.45, 2.75) is 65.7 Å². The average Bonchev–Trinajstić information content (AvgIpc) is 2.60. The molecule has 1 aromatic rings. The fourth-order valence-corrected chi connectivity index (χ4v) is 3.51. The van der Waals surface area contributed by atoms with Crippen LogP contribution in [0.4, 0.5) is 18.9 Å². The minimum Gasteiger partial charge on any atom is -0.452 e. The van der Waals surface area contributed by atoms with E-state index >= 15 is 0 Å². The van der Waals surface area contributed by atoms with Crippen LogP contribution in [0.5, 0.6) is 0 Å². The van der Waals surface area contributed by atoms with Gasteiger partial charge in [0.2, 0.25) is 0 Å². The number of alkyl halides is 3. The van der Waals surface area contributed by atoms with Crippen molar-refractivity contribution in [3.05, 3.63) is 29.8 Å². The summed E-state index contributed by atoms with van der Waals surface area (Å²) in [6.45, 7) is 8.05. The second-order valence-electron chi connectivity index (χ2n) is 8.56. The van der Waals surface area contributed by atoms with E-state index in [0.29, 0.717) is 5.92 Å². The molecule has 1 amide bonds. The molecular weight excluding hydrogens is 371 g/mol. The second-order valence-corrected chi connectivity index (χ2v) is 8.56. The molecule has 0 unspecified atom stereocenters. The van der Waals surface area contributed by atoms with E-state index in [0.717, 1.165) is 37.8 Å². The number of esters is 1. The van der Waals surface area contributed by atoms with Gasteiger partial charge in [0.15, 0.2) is 6.10 Å². The van der Waals surface area contributed by atoms with Gasteiger partial charge in [-0.25, -0.2) is 0 Å². The Balaban J connectivity index is 1.84. The van der Waals surface area contributed by atoms with Crippen LogP contribution >= 0.6 is 0 Å². The molecule has 1 N–H and O–H groups in total. The molecule has 28 heavy (non-hydrogen) atoms. The van der Waals surface area contributed by atoms with Gasteiger partial charge in [0, 0.05) is 5.69 Å². The van der Waals surface area contributed by atoms with Gasteiger partial charge in [-0.15, -0.1) is 0 Å². The Labute approximate surface area is 163 Å². The van der Waals surface area contributed by atoms with Crippen molar-refractivity contribution in [2.75, 3.05) is 5.32 Å². The van der Waals surface area contributed by atoms with E-state index in [9.17, 15) is 22.8 Å². The van der Waals surface area contributed by atoms with Crippen LogP contribution in [0.2, 0.25) is 0 Å². The van der Waals surface area contributed by atoms with Crippen LogP contribution in [-0.4, -0.2) is 18.0 Å². The summed E-state index contributed by atoms with van der Waals surface area (Å²) in [4.78, 5) is 24.5. The largest absolute Gasteiger partial charge is 0.452 e. The number of hydrogen-bond acceptors (Lipinski definition) is 3. The molecule has 0 radical (unpaired) electrons. The summed E-state index contributed by atoms with van der Waals surface area (Å²) in [6, 6.07) is 4.12. The van der Waals surface area contributed by atoms with E-state index in [2.05, 4.69) is 26.1 Å². The molecule has 4 nitrogen and oxygen atoms in total. The fourth-order valence-electron chi connectivity index (χ4n) is 3.51.